The van der Waals surface area contributed by atoms with Crippen LogP contribution in [-0.4, -0.2) is 32.9 Å². The zero-order chi connectivity index (χ0) is 15.9. The van der Waals surface area contributed by atoms with E-state index in [2.05, 4.69) is 33.3 Å². The van der Waals surface area contributed by atoms with Gasteiger partial charge in [0.15, 0.2) is 11.5 Å². The van der Waals surface area contributed by atoms with Crippen molar-refractivity contribution in [3.05, 3.63) is 54.6 Å². The van der Waals surface area contributed by atoms with Crippen LogP contribution in [0.4, 0.5) is 5.82 Å². The summed E-state index contributed by atoms with van der Waals surface area (Å²) in [7, 11) is 0. The molecule has 2 aromatic heterocycles. The van der Waals surface area contributed by atoms with E-state index in [4.69, 9.17) is 5.10 Å². The monoisotopic (exact) mass is 317 g/mol. The Morgan fingerprint density at radius 1 is 0.833 bits per heavy atom. The van der Waals surface area contributed by atoms with Crippen molar-refractivity contribution in [3.63, 3.8) is 0 Å². The Labute approximate surface area is 140 Å². The van der Waals surface area contributed by atoms with Gasteiger partial charge in [-0.15, -0.1) is 15.3 Å². The van der Waals surface area contributed by atoms with Crippen molar-refractivity contribution in [2.75, 3.05) is 18.0 Å². The second-order valence-electron chi connectivity index (χ2n) is 6.72. The fraction of sp³-hybridized carbons (Fsp3) is 0.316. The molecule has 5 nitrogen and oxygen atoms in total. The minimum Gasteiger partial charge on any atom is -0.355 e. The molecule has 1 fully saturated rings. The molecule has 3 heterocycles. The number of allylic oxidation sites excluding steroid dienone is 2. The van der Waals surface area contributed by atoms with Gasteiger partial charge in [-0.05, 0) is 36.8 Å². The van der Waals surface area contributed by atoms with E-state index in [1.54, 1.807) is 0 Å². The van der Waals surface area contributed by atoms with Crippen LogP contribution in [0.2, 0.25) is 0 Å². The molecule has 5 rings (SSSR count). The quantitative estimate of drug-likeness (QED) is 0.681. The van der Waals surface area contributed by atoms with Gasteiger partial charge in [-0.3, -0.25) is 0 Å². The van der Waals surface area contributed by atoms with E-state index in [9.17, 15) is 0 Å². The van der Waals surface area contributed by atoms with E-state index >= 15 is 0 Å². The van der Waals surface area contributed by atoms with Crippen molar-refractivity contribution in [3.8, 4) is 11.4 Å². The summed E-state index contributed by atoms with van der Waals surface area (Å²) in [6, 6.07) is 14.2. The SMILES string of the molecule is C1=CCC2CN(c3ccc4nnc(-c5ccccc5)n4n3)CC2C1. The highest BCUT2D eigenvalue weighted by Gasteiger charge is 2.33. The average Bonchev–Trinajstić information content (AvgIpc) is 3.26. The molecule has 3 aromatic rings. The smallest absolute Gasteiger partial charge is 0.185 e. The second kappa shape index (κ2) is 5.44. The lowest BCUT2D eigenvalue weighted by Gasteiger charge is -2.17. The van der Waals surface area contributed by atoms with Gasteiger partial charge in [-0.2, -0.15) is 4.52 Å². The van der Waals surface area contributed by atoms with Crippen molar-refractivity contribution < 1.29 is 0 Å². The van der Waals surface area contributed by atoms with Crippen molar-refractivity contribution >= 4 is 11.5 Å². The van der Waals surface area contributed by atoms with Gasteiger partial charge in [0.1, 0.15) is 5.82 Å². The van der Waals surface area contributed by atoms with Gasteiger partial charge in [0.2, 0.25) is 0 Å². The van der Waals surface area contributed by atoms with E-state index in [0.29, 0.717) is 0 Å². The fourth-order valence-corrected chi connectivity index (χ4v) is 3.92. The summed E-state index contributed by atoms with van der Waals surface area (Å²) in [5.74, 6) is 3.35. The van der Waals surface area contributed by atoms with Gasteiger partial charge in [0.05, 0.1) is 0 Å². The lowest BCUT2D eigenvalue weighted by atomic mass is 9.86. The largest absolute Gasteiger partial charge is 0.355 e. The molecule has 1 saturated heterocycles. The predicted molar refractivity (Wildman–Crippen MR) is 93.8 cm³/mol. The van der Waals surface area contributed by atoms with Gasteiger partial charge in [0, 0.05) is 18.7 Å². The molecule has 0 bridgehead atoms. The van der Waals surface area contributed by atoms with E-state index in [1.807, 2.05) is 40.9 Å². The van der Waals surface area contributed by atoms with E-state index < -0.39 is 0 Å². The van der Waals surface area contributed by atoms with Gasteiger partial charge in [-0.25, -0.2) is 0 Å². The molecule has 2 atom stereocenters. The first-order valence-electron chi connectivity index (χ1n) is 8.56. The molecule has 0 spiro atoms. The summed E-state index contributed by atoms with van der Waals surface area (Å²) in [6.07, 6.45) is 7.06. The van der Waals surface area contributed by atoms with E-state index in [0.717, 1.165) is 47.8 Å². The molecule has 120 valence electrons. The molecule has 1 aliphatic carbocycles. The molecular formula is C19H19N5. The third-order valence-electron chi connectivity index (χ3n) is 5.23. The van der Waals surface area contributed by atoms with Crippen molar-refractivity contribution in [2.45, 2.75) is 12.8 Å². The first-order valence-corrected chi connectivity index (χ1v) is 8.56. The highest BCUT2D eigenvalue weighted by atomic mass is 15.4. The zero-order valence-electron chi connectivity index (χ0n) is 13.4. The summed E-state index contributed by atoms with van der Waals surface area (Å²) in [5, 5.41) is 13.4. The number of fused-ring (bicyclic) bond motifs is 2. The molecule has 0 saturated carbocycles. The average molecular weight is 317 g/mol. The molecule has 0 radical (unpaired) electrons. The second-order valence-corrected chi connectivity index (χ2v) is 6.72. The van der Waals surface area contributed by atoms with Crippen LogP contribution in [0.25, 0.3) is 17.0 Å². The number of benzene rings is 1. The standard InChI is InChI=1S/C19H19N5/c1-2-6-14(7-3-1)19-21-20-17-10-11-18(22-24(17)19)23-12-15-8-4-5-9-16(15)13-23/h1-7,10-11,15-16H,8-9,12-13H2. The molecular weight excluding hydrogens is 298 g/mol. The number of nitrogens with zero attached hydrogens (tertiary/aromatic N) is 5. The minimum atomic E-state index is 0.766. The molecule has 2 aliphatic rings. The molecule has 24 heavy (non-hydrogen) atoms. The van der Waals surface area contributed by atoms with Crippen molar-refractivity contribution in [2.24, 2.45) is 11.8 Å². The Kier molecular flexibility index (Phi) is 3.11. The highest BCUT2D eigenvalue weighted by Crippen LogP contribution is 2.34. The van der Waals surface area contributed by atoms with Crippen LogP contribution in [0.1, 0.15) is 12.8 Å². The lowest BCUT2D eigenvalue weighted by Crippen LogP contribution is -2.21. The molecule has 5 heteroatoms. The summed E-state index contributed by atoms with van der Waals surface area (Å²) < 4.78 is 1.87. The number of hydrogen-bond acceptors (Lipinski definition) is 4. The maximum Gasteiger partial charge on any atom is 0.185 e. The Morgan fingerprint density at radius 2 is 1.58 bits per heavy atom. The lowest BCUT2D eigenvalue weighted by molar-refractivity contribution is 0.411. The van der Waals surface area contributed by atoms with Crippen LogP contribution < -0.4 is 4.90 Å². The number of aromatic nitrogens is 4. The molecule has 2 unspecified atom stereocenters. The molecule has 1 aliphatic heterocycles. The first kappa shape index (κ1) is 13.7. The van der Waals surface area contributed by atoms with Gasteiger partial charge in [-0.1, -0.05) is 42.5 Å². The van der Waals surface area contributed by atoms with Gasteiger partial charge >= 0.3 is 0 Å². The van der Waals surface area contributed by atoms with Crippen LogP contribution in [0.5, 0.6) is 0 Å². The maximum absolute atomic E-state index is 4.85. The van der Waals surface area contributed by atoms with E-state index in [1.165, 1.54) is 12.8 Å². The number of hydrogen-bond donors (Lipinski definition) is 0. The summed E-state index contributed by atoms with van der Waals surface area (Å²) >= 11 is 0. The van der Waals surface area contributed by atoms with Crippen LogP contribution in [0.15, 0.2) is 54.6 Å². The maximum atomic E-state index is 4.85. The predicted octanol–water partition coefficient (Wildman–Crippen LogP) is 3.19. The molecule has 0 amide bonds. The van der Waals surface area contributed by atoms with Gasteiger partial charge in [0.25, 0.3) is 0 Å². The fourth-order valence-electron chi connectivity index (χ4n) is 3.92. The first-order chi connectivity index (χ1) is 11.9. The van der Waals surface area contributed by atoms with Crippen LogP contribution in [-0.2, 0) is 0 Å². The summed E-state index contributed by atoms with van der Waals surface area (Å²) in [4.78, 5) is 2.41. The van der Waals surface area contributed by atoms with E-state index in [-0.39, 0.29) is 0 Å². The summed E-state index contributed by atoms with van der Waals surface area (Å²) in [6.45, 7) is 2.19. The minimum absolute atomic E-state index is 0.766. The third-order valence-corrected chi connectivity index (χ3v) is 5.23. The number of anilines is 1. The Hall–Kier alpha value is -2.69. The Balaban J connectivity index is 1.52. The Bertz CT molecular complexity index is 883. The third kappa shape index (κ3) is 2.19. The summed E-state index contributed by atoms with van der Waals surface area (Å²) in [5.41, 5.74) is 1.82. The highest BCUT2D eigenvalue weighted by molar-refractivity contribution is 5.59. The number of rotatable bonds is 2. The zero-order valence-corrected chi connectivity index (χ0v) is 13.4. The Morgan fingerprint density at radius 3 is 2.33 bits per heavy atom. The van der Waals surface area contributed by atoms with Gasteiger partial charge < -0.3 is 4.90 Å². The van der Waals surface area contributed by atoms with Crippen LogP contribution in [0, 0.1) is 11.8 Å². The molecule has 0 N–H and O–H groups in total. The molecule has 1 aromatic carbocycles. The van der Waals surface area contributed by atoms with Crippen LogP contribution >= 0.6 is 0 Å². The topological polar surface area (TPSA) is 46.3 Å². The normalized spacial score (nSPS) is 22.9. The van der Waals surface area contributed by atoms with Crippen molar-refractivity contribution in [1.82, 2.24) is 19.8 Å². The van der Waals surface area contributed by atoms with Crippen molar-refractivity contribution in [1.29, 1.82) is 0 Å². The van der Waals surface area contributed by atoms with Crippen LogP contribution in [0.3, 0.4) is 0 Å².